The molecule has 4 aromatic rings. The highest BCUT2D eigenvalue weighted by Gasteiger charge is 2.18. The summed E-state index contributed by atoms with van der Waals surface area (Å²) in [5.74, 6) is 0.597. The molecule has 0 bridgehead atoms. The first-order valence-corrected chi connectivity index (χ1v) is 9.57. The van der Waals surface area contributed by atoms with Gasteiger partial charge in [-0.2, -0.15) is 0 Å². The van der Waals surface area contributed by atoms with E-state index < -0.39 is 0 Å². The summed E-state index contributed by atoms with van der Waals surface area (Å²) in [5, 5.41) is 23.6. The molecule has 2 N–H and O–H groups in total. The predicted molar refractivity (Wildman–Crippen MR) is 118 cm³/mol. The smallest absolute Gasteiger partial charge is 0.259 e. The third-order valence-electron chi connectivity index (χ3n) is 5.42. The number of methoxy groups -OCH3 is 2. The number of phenolic OH excluding ortho intramolecular Hbond substituents is 2. The van der Waals surface area contributed by atoms with E-state index in [1.807, 2.05) is 31.1 Å². The van der Waals surface area contributed by atoms with Crippen molar-refractivity contribution < 1.29 is 19.7 Å². The van der Waals surface area contributed by atoms with Gasteiger partial charge in [0.1, 0.15) is 0 Å². The third-order valence-corrected chi connectivity index (χ3v) is 5.42. The van der Waals surface area contributed by atoms with Crippen LogP contribution in [0, 0.1) is 0 Å². The lowest BCUT2D eigenvalue weighted by molar-refractivity contribution is 0.356. The van der Waals surface area contributed by atoms with Gasteiger partial charge in [-0.15, -0.1) is 0 Å². The van der Waals surface area contributed by atoms with E-state index in [4.69, 9.17) is 9.47 Å². The molecule has 0 atom stereocenters. The fraction of sp³-hybridized carbons (Fsp3) is 0.261. The van der Waals surface area contributed by atoms with E-state index in [9.17, 15) is 15.0 Å². The van der Waals surface area contributed by atoms with Gasteiger partial charge in [0.05, 0.1) is 25.1 Å². The summed E-state index contributed by atoms with van der Waals surface area (Å²) < 4.78 is 12.6. The van der Waals surface area contributed by atoms with E-state index in [2.05, 4.69) is 0 Å². The summed E-state index contributed by atoms with van der Waals surface area (Å²) in [4.78, 5) is 15.6. The number of likely N-dealkylation sites (N-methyl/N-ethyl adjacent to an activating group) is 1. The van der Waals surface area contributed by atoms with Crippen LogP contribution in [0.25, 0.3) is 32.4 Å². The lowest BCUT2D eigenvalue weighted by Gasteiger charge is -2.18. The van der Waals surface area contributed by atoms with Crippen LogP contribution in [0.4, 0.5) is 0 Å². The van der Waals surface area contributed by atoms with Gasteiger partial charge in [-0.3, -0.25) is 4.79 Å². The molecule has 3 aromatic carbocycles. The number of benzene rings is 3. The topological polar surface area (TPSA) is 84.2 Å². The van der Waals surface area contributed by atoms with E-state index in [0.717, 1.165) is 16.2 Å². The van der Waals surface area contributed by atoms with Crippen molar-refractivity contribution in [2.75, 3.05) is 34.9 Å². The Morgan fingerprint density at radius 1 is 0.867 bits per heavy atom. The maximum Gasteiger partial charge on any atom is 0.259 e. The highest BCUT2D eigenvalue weighted by molar-refractivity contribution is 6.16. The van der Waals surface area contributed by atoms with Crippen molar-refractivity contribution >= 4 is 32.4 Å². The monoisotopic (exact) mass is 408 g/mol. The molecule has 0 aliphatic heterocycles. The summed E-state index contributed by atoms with van der Waals surface area (Å²) in [6.07, 6.45) is 0. The summed E-state index contributed by atoms with van der Waals surface area (Å²) in [7, 11) is 6.99. The maximum absolute atomic E-state index is 13.6. The molecule has 0 aliphatic rings. The lowest BCUT2D eigenvalue weighted by atomic mass is 10.00. The lowest BCUT2D eigenvalue weighted by Crippen LogP contribution is -2.27. The summed E-state index contributed by atoms with van der Waals surface area (Å²) in [5.41, 5.74) is 0.551. The fourth-order valence-electron chi connectivity index (χ4n) is 3.88. The van der Waals surface area contributed by atoms with Crippen molar-refractivity contribution in [3.8, 4) is 23.0 Å². The summed E-state index contributed by atoms with van der Waals surface area (Å²) in [6, 6.07) is 10.3. The molecule has 7 heteroatoms. The number of phenols is 2. The number of aromatic hydroxyl groups is 2. The van der Waals surface area contributed by atoms with E-state index in [-0.39, 0.29) is 17.1 Å². The van der Waals surface area contributed by atoms with Crippen molar-refractivity contribution in [2.45, 2.75) is 6.54 Å². The van der Waals surface area contributed by atoms with Crippen LogP contribution in [0.1, 0.15) is 0 Å². The summed E-state index contributed by atoms with van der Waals surface area (Å²) >= 11 is 0. The average Bonchev–Trinajstić information content (AvgIpc) is 2.73. The average molecular weight is 408 g/mol. The Kier molecular flexibility index (Phi) is 4.91. The minimum absolute atomic E-state index is 0.152. The Bertz CT molecular complexity index is 1340. The number of pyridine rings is 1. The molecule has 0 spiro atoms. The first-order valence-electron chi connectivity index (χ1n) is 9.57. The quantitative estimate of drug-likeness (QED) is 0.389. The molecule has 0 radical (unpaired) electrons. The van der Waals surface area contributed by atoms with Gasteiger partial charge in [-0.1, -0.05) is 12.1 Å². The molecule has 0 fully saturated rings. The zero-order valence-electron chi connectivity index (χ0n) is 17.4. The van der Waals surface area contributed by atoms with Gasteiger partial charge in [0, 0.05) is 29.2 Å². The molecule has 0 aliphatic carbocycles. The molecule has 4 rings (SSSR count). The first kappa shape index (κ1) is 19.8. The Morgan fingerprint density at radius 2 is 1.50 bits per heavy atom. The van der Waals surface area contributed by atoms with Crippen LogP contribution in [0.3, 0.4) is 0 Å². The second-order valence-electron chi connectivity index (χ2n) is 7.54. The van der Waals surface area contributed by atoms with Gasteiger partial charge >= 0.3 is 0 Å². The Morgan fingerprint density at radius 3 is 2.13 bits per heavy atom. The van der Waals surface area contributed by atoms with Crippen LogP contribution < -0.4 is 15.0 Å². The SMILES string of the molecule is COc1cc2c(=O)n(CCN(C)C)c3c4cc(O)c(O)cc4ccc3c2cc1OC. The summed E-state index contributed by atoms with van der Waals surface area (Å²) in [6.45, 7) is 1.13. The molecule has 0 amide bonds. The number of nitrogens with zero attached hydrogens (tertiary/aromatic N) is 2. The molecule has 1 heterocycles. The molecule has 0 saturated heterocycles. The number of fused-ring (bicyclic) bond motifs is 5. The van der Waals surface area contributed by atoms with Crippen molar-refractivity contribution in [1.82, 2.24) is 9.47 Å². The van der Waals surface area contributed by atoms with Gasteiger partial charge < -0.3 is 29.2 Å². The molecule has 0 saturated carbocycles. The minimum atomic E-state index is -0.228. The second-order valence-corrected chi connectivity index (χ2v) is 7.54. The third kappa shape index (κ3) is 3.07. The van der Waals surface area contributed by atoms with E-state index in [1.165, 1.54) is 19.2 Å². The molecule has 156 valence electrons. The number of aromatic nitrogens is 1. The highest BCUT2D eigenvalue weighted by Crippen LogP contribution is 2.38. The first-order chi connectivity index (χ1) is 14.3. The number of hydrogen-bond donors (Lipinski definition) is 2. The predicted octanol–water partition coefficient (Wildman–Crippen LogP) is 3.30. The fourth-order valence-corrected chi connectivity index (χ4v) is 3.88. The number of rotatable bonds is 5. The van der Waals surface area contributed by atoms with Crippen LogP contribution in [-0.4, -0.2) is 54.5 Å². The minimum Gasteiger partial charge on any atom is -0.504 e. The van der Waals surface area contributed by atoms with Gasteiger partial charge in [0.25, 0.3) is 5.56 Å². The van der Waals surface area contributed by atoms with Crippen molar-refractivity contribution in [2.24, 2.45) is 0 Å². The van der Waals surface area contributed by atoms with Gasteiger partial charge in [0.2, 0.25) is 0 Å². The maximum atomic E-state index is 13.6. The van der Waals surface area contributed by atoms with Gasteiger partial charge in [-0.05, 0) is 43.7 Å². The van der Waals surface area contributed by atoms with Crippen LogP contribution in [0.5, 0.6) is 23.0 Å². The standard InChI is InChI=1S/C23H24N2O5/c1-24(2)7-8-25-22-14(6-5-13-9-18(26)19(27)10-15(13)22)16-11-20(29-3)21(30-4)12-17(16)23(25)28/h5-6,9-12,26-27H,7-8H2,1-4H3. The van der Waals surface area contributed by atoms with Crippen LogP contribution in [0.15, 0.2) is 41.2 Å². The van der Waals surface area contributed by atoms with Crippen molar-refractivity contribution in [3.05, 3.63) is 46.8 Å². The Balaban J connectivity index is 2.22. The zero-order chi connectivity index (χ0) is 21.6. The normalized spacial score (nSPS) is 11.6. The van der Waals surface area contributed by atoms with Gasteiger partial charge in [-0.25, -0.2) is 0 Å². The molecule has 1 aromatic heterocycles. The Labute approximate surface area is 173 Å². The largest absolute Gasteiger partial charge is 0.504 e. The van der Waals surface area contributed by atoms with Crippen LogP contribution >= 0.6 is 0 Å². The number of ether oxygens (including phenoxy) is 2. The number of hydrogen-bond acceptors (Lipinski definition) is 6. The second kappa shape index (κ2) is 7.42. The molecular weight excluding hydrogens is 384 g/mol. The van der Waals surface area contributed by atoms with Crippen LogP contribution in [-0.2, 0) is 6.54 Å². The Hall–Kier alpha value is -3.45. The molecular formula is C23H24N2O5. The van der Waals surface area contributed by atoms with E-state index in [1.54, 1.807) is 23.8 Å². The molecule has 0 unspecified atom stereocenters. The molecule has 7 nitrogen and oxygen atoms in total. The van der Waals surface area contributed by atoms with E-state index in [0.29, 0.717) is 40.9 Å². The van der Waals surface area contributed by atoms with Crippen molar-refractivity contribution in [1.29, 1.82) is 0 Å². The zero-order valence-corrected chi connectivity index (χ0v) is 17.4. The van der Waals surface area contributed by atoms with Gasteiger partial charge in [0.15, 0.2) is 23.0 Å². The highest BCUT2D eigenvalue weighted by atomic mass is 16.5. The van der Waals surface area contributed by atoms with Crippen molar-refractivity contribution in [3.63, 3.8) is 0 Å². The van der Waals surface area contributed by atoms with E-state index >= 15 is 0 Å². The van der Waals surface area contributed by atoms with Crippen LogP contribution in [0.2, 0.25) is 0 Å². The molecule has 30 heavy (non-hydrogen) atoms.